The van der Waals surface area contributed by atoms with Crippen molar-refractivity contribution in [2.24, 2.45) is 0 Å². The molecule has 0 aliphatic carbocycles. The van der Waals surface area contributed by atoms with Crippen LogP contribution >= 0.6 is 0 Å². The number of aryl methyl sites for hydroxylation is 1. The minimum atomic E-state index is -0.616. The summed E-state index contributed by atoms with van der Waals surface area (Å²) in [5, 5.41) is 12.5. The number of benzene rings is 1. The number of hydrogen-bond acceptors (Lipinski definition) is 5. The molecule has 92 valence electrons. The van der Waals surface area contributed by atoms with Crippen LogP contribution in [-0.2, 0) is 13.0 Å². The highest BCUT2D eigenvalue weighted by molar-refractivity contribution is 5.43. The van der Waals surface area contributed by atoms with E-state index in [1.807, 2.05) is 6.92 Å². The topological polar surface area (TPSA) is 71.9 Å². The zero-order chi connectivity index (χ0) is 13.0. The fourth-order valence-corrected chi connectivity index (χ4v) is 1.37. The lowest BCUT2D eigenvalue weighted by atomic mass is 10.2. The van der Waals surface area contributed by atoms with E-state index < -0.39 is 5.82 Å². The number of ether oxygens (including phenoxy) is 1. The first-order chi connectivity index (χ1) is 8.74. The van der Waals surface area contributed by atoms with Crippen molar-refractivity contribution >= 4 is 0 Å². The number of halogens is 1. The lowest BCUT2D eigenvalue weighted by Gasteiger charge is -2.05. The number of nitriles is 1. The molecule has 0 radical (unpaired) electrons. The van der Waals surface area contributed by atoms with E-state index in [4.69, 9.17) is 14.5 Å². The maximum absolute atomic E-state index is 13.3. The van der Waals surface area contributed by atoms with Gasteiger partial charge in [-0.1, -0.05) is 18.1 Å². The second kappa shape index (κ2) is 5.27. The highest BCUT2D eigenvalue weighted by Gasteiger charge is 2.11. The van der Waals surface area contributed by atoms with E-state index in [1.165, 1.54) is 18.2 Å². The monoisotopic (exact) mass is 247 g/mol. The highest BCUT2D eigenvalue weighted by Crippen LogP contribution is 2.21. The third-order valence-electron chi connectivity index (χ3n) is 2.26. The minimum Gasteiger partial charge on any atom is -0.482 e. The first-order valence-corrected chi connectivity index (χ1v) is 5.37. The highest BCUT2D eigenvalue weighted by atomic mass is 19.1. The lowest BCUT2D eigenvalue weighted by molar-refractivity contribution is 0.241. The zero-order valence-corrected chi connectivity index (χ0v) is 9.68. The molecular formula is C12H10FN3O2. The third kappa shape index (κ3) is 2.46. The van der Waals surface area contributed by atoms with Crippen LogP contribution in [0.1, 0.15) is 24.2 Å². The molecule has 0 unspecified atom stereocenters. The van der Waals surface area contributed by atoms with Crippen LogP contribution in [0.25, 0.3) is 0 Å². The van der Waals surface area contributed by atoms with E-state index >= 15 is 0 Å². The molecule has 0 bridgehead atoms. The Hall–Kier alpha value is -2.42. The van der Waals surface area contributed by atoms with Gasteiger partial charge in [-0.2, -0.15) is 10.2 Å². The van der Waals surface area contributed by atoms with Gasteiger partial charge in [0.25, 0.3) is 5.89 Å². The van der Waals surface area contributed by atoms with Gasteiger partial charge < -0.3 is 9.26 Å². The van der Waals surface area contributed by atoms with Crippen molar-refractivity contribution in [3.63, 3.8) is 0 Å². The summed E-state index contributed by atoms with van der Waals surface area (Å²) in [4.78, 5) is 4.04. The van der Waals surface area contributed by atoms with Gasteiger partial charge in [-0.05, 0) is 12.1 Å². The standard InChI is InChI=1S/C12H10FN3O2/c1-2-11-15-12(18-16-11)7-17-10-5-3-4-9(13)8(10)6-14/h3-5H,2,7H2,1H3. The van der Waals surface area contributed by atoms with Gasteiger partial charge in [0, 0.05) is 6.42 Å². The Morgan fingerprint density at radius 3 is 3.00 bits per heavy atom. The van der Waals surface area contributed by atoms with Crippen molar-refractivity contribution in [3.05, 3.63) is 41.3 Å². The maximum Gasteiger partial charge on any atom is 0.264 e. The first-order valence-electron chi connectivity index (χ1n) is 5.37. The van der Waals surface area contributed by atoms with Crippen molar-refractivity contribution in [3.8, 4) is 11.8 Å². The van der Waals surface area contributed by atoms with E-state index in [0.717, 1.165) is 0 Å². The largest absolute Gasteiger partial charge is 0.482 e. The molecule has 0 aliphatic heterocycles. The maximum atomic E-state index is 13.3. The molecule has 18 heavy (non-hydrogen) atoms. The summed E-state index contributed by atoms with van der Waals surface area (Å²) in [7, 11) is 0. The van der Waals surface area contributed by atoms with Crippen molar-refractivity contribution in [2.45, 2.75) is 20.0 Å². The molecular weight excluding hydrogens is 237 g/mol. The molecule has 0 atom stereocenters. The molecule has 0 N–H and O–H groups in total. The van der Waals surface area contributed by atoms with Gasteiger partial charge in [-0.25, -0.2) is 4.39 Å². The summed E-state index contributed by atoms with van der Waals surface area (Å²) in [5.74, 6) is 0.414. The molecule has 0 fully saturated rings. The second-order valence-electron chi connectivity index (χ2n) is 3.47. The van der Waals surface area contributed by atoms with Crippen LogP contribution in [0, 0.1) is 17.1 Å². The van der Waals surface area contributed by atoms with Crippen LogP contribution in [0.15, 0.2) is 22.7 Å². The molecule has 0 spiro atoms. The summed E-state index contributed by atoms with van der Waals surface area (Å²) in [6, 6.07) is 5.93. The smallest absolute Gasteiger partial charge is 0.264 e. The summed E-state index contributed by atoms with van der Waals surface area (Å²) in [6.07, 6.45) is 0.660. The molecule has 0 saturated heterocycles. The van der Waals surface area contributed by atoms with Crippen LogP contribution < -0.4 is 4.74 Å². The van der Waals surface area contributed by atoms with Crippen molar-refractivity contribution < 1.29 is 13.7 Å². The summed E-state index contributed by atoms with van der Waals surface area (Å²) in [5.41, 5.74) is -0.132. The molecule has 6 heteroatoms. The van der Waals surface area contributed by atoms with Crippen molar-refractivity contribution in [1.82, 2.24) is 10.1 Å². The third-order valence-corrected chi connectivity index (χ3v) is 2.26. The average molecular weight is 247 g/mol. The molecule has 0 aliphatic rings. The Balaban J connectivity index is 2.11. The van der Waals surface area contributed by atoms with Crippen LogP contribution in [0.5, 0.6) is 5.75 Å². The lowest BCUT2D eigenvalue weighted by Crippen LogP contribution is -1.99. The van der Waals surface area contributed by atoms with E-state index in [0.29, 0.717) is 18.1 Å². The fourth-order valence-electron chi connectivity index (χ4n) is 1.37. The number of nitrogens with zero attached hydrogens (tertiary/aromatic N) is 3. The van der Waals surface area contributed by atoms with Gasteiger partial charge in [-0.3, -0.25) is 0 Å². The van der Waals surface area contributed by atoms with E-state index in [2.05, 4.69) is 10.1 Å². The first kappa shape index (κ1) is 12.0. The molecule has 1 aromatic heterocycles. The molecule has 2 aromatic rings. The predicted molar refractivity (Wildman–Crippen MR) is 59.1 cm³/mol. The van der Waals surface area contributed by atoms with Gasteiger partial charge in [-0.15, -0.1) is 0 Å². The Morgan fingerprint density at radius 2 is 2.33 bits per heavy atom. The van der Waals surface area contributed by atoms with Crippen molar-refractivity contribution in [2.75, 3.05) is 0 Å². The van der Waals surface area contributed by atoms with Gasteiger partial charge in [0.05, 0.1) is 0 Å². The van der Waals surface area contributed by atoms with Crippen molar-refractivity contribution in [1.29, 1.82) is 5.26 Å². The number of rotatable bonds is 4. The Labute approximate surface area is 103 Å². The average Bonchev–Trinajstić information content (AvgIpc) is 2.84. The van der Waals surface area contributed by atoms with Gasteiger partial charge in [0.1, 0.15) is 23.2 Å². The Kier molecular flexibility index (Phi) is 3.53. The van der Waals surface area contributed by atoms with E-state index in [1.54, 1.807) is 6.07 Å². The predicted octanol–water partition coefficient (Wildman–Crippen LogP) is 2.22. The zero-order valence-electron chi connectivity index (χ0n) is 9.68. The van der Waals surface area contributed by atoms with Crippen LogP contribution in [-0.4, -0.2) is 10.1 Å². The Morgan fingerprint density at radius 1 is 1.50 bits per heavy atom. The van der Waals surface area contributed by atoms with E-state index in [-0.39, 0.29) is 17.9 Å². The summed E-state index contributed by atoms with van der Waals surface area (Å²) < 4.78 is 23.5. The van der Waals surface area contributed by atoms with Crippen LogP contribution in [0.4, 0.5) is 4.39 Å². The quantitative estimate of drug-likeness (QED) is 0.828. The molecule has 5 nitrogen and oxygen atoms in total. The summed E-state index contributed by atoms with van der Waals surface area (Å²) in [6.45, 7) is 1.90. The molecule has 1 aromatic carbocycles. The fraction of sp³-hybridized carbons (Fsp3) is 0.250. The molecule has 2 rings (SSSR count). The number of aromatic nitrogens is 2. The van der Waals surface area contributed by atoms with Gasteiger partial charge in [0.2, 0.25) is 0 Å². The normalized spacial score (nSPS) is 10.1. The molecule has 0 amide bonds. The molecule has 0 saturated carbocycles. The second-order valence-corrected chi connectivity index (χ2v) is 3.47. The van der Waals surface area contributed by atoms with E-state index in [9.17, 15) is 4.39 Å². The summed E-state index contributed by atoms with van der Waals surface area (Å²) >= 11 is 0. The van der Waals surface area contributed by atoms with Crippen LogP contribution in [0.2, 0.25) is 0 Å². The van der Waals surface area contributed by atoms with Gasteiger partial charge >= 0.3 is 0 Å². The molecule has 1 heterocycles. The Bertz CT molecular complexity index is 589. The van der Waals surface area contributed by atoms with Gasteiger partial charge in [0.15, 0.2) is 12.4 Å². The minimum absolute atomic E-state index is 0.00509. The number of hydrogen-bond donors (Lipinski definition) is 0. The SMILES string of the molecule is CCc1noc(COc2cccc(F)c2C#N)n1. The van der Waals surface area contributed by atoms with Crippen LogP contribution in [0.3, 0.4) is 0 Å².